The van der Waals surface area contributed by atoms with E-state index < -0.39 is 34.1 Å². The molecule has 1 unspecified atom stereocenters. The predicted octanol–water partition coefficient (Wildman–Crippen LogP) is 4.57. The van der Waals surface area contributed by atoms with Crippen molar-refractivity contribution in [3.8, 4) is 11.5 Å². The second-order valence-corrected chi connectivity index (χ2v) is 13.2. The maximum atomic E-state index is 13.6. The zero-order chi connectivity index (χ0) is 30.4. The number of carbonyl (C=O) groups excluding carboxylic acids is 1. The van der Waals surface area contributed by atoms with Crippen molar-refractivity contribution in [3.63, 3.8) is 0 Å². The first-order valence-corrected chi connectivity index (χ1v) is 16.2. The molecule has 3 aromatic rings. The monoisotopic (exact) mass is 596 g/mol. The van der Waals surface area contributed by atoms with Gasteiger partial charge in [-0.15, -0.1) is 0 Å². The summed E-state index contributed by atoms with van der Waals surface area (Å²) in [5.74, 6) is 0.715. The van der Waals surface area contributed by atoms with E-state index in [0.29, 0.717) is 31.7 Å². The van der Waals surface area contributed by atoms with Crippen molar-refractivity contribution in [2.24, 2.45) is 11.7 Å². The highest BCUT2D eigenvalue weighted by Gasteiger charge is 2.30. The third-order valence-corrected chi connectivity index (χ3v) is 8.57. The molecule has 0 spiro atoms. The summed E-state index contributed by atoms with van der Waals surface area (Å²) >= 11 is 0. The Balaban J connectivity index is 1.74. The number of methoxy groups -OCH3 is 1. The molecule has 0 aliphatic rings. The molecule has 3 aromatic carbocycles. The number of nitrogens with two attached hydrogens (primary N) is 1. The molecule has 0 aromatic heterocycles. The summed E-state index contributed by atoms with van der Waals surface area (Å²) in [5, 5.41) is 3.35. The molecular formula is C33H44N2O6S. The zero-order valence-electron chi connectivity index (χ0n) is 24.8. The molecule has 0 fully saturated rings. The van der Waals surface area contributed by atoms with Crippen LogP contribution in [0.25, 0.3) is 0 Å². The number of hydrogen-bond acceptors (Lipinski definition) is 8. The molecule has 3 N–H and O–H groups in total. The van der Waals surface area contributed by atoms with Gasteiger partial charge in [-0.05, 0) is 54.2 Å². The molecule has 0 amide bonds. The third kappa shape index (κ3) is 11.8. The molecular weight excluding hydrogens is 552 g/mol. The fraction of sp³-hybridized carbons (Fsp3) is 0.424. The lowest BCUT2D eigenvalue weighted by molar-refractivity contribution is -0.158. The van der Waals surface area contributed by atoms with Gasteiger partial charge in [0.15, 0.2) is 6.10 Å². The van der Waals surface area contributed by atoms with Crippen LogP contribution in [0.1, 0.15) is 37.8 Å². The molecule has 8 nitrogen and oxygen atoms in total. The Morgan fingerprint density at radius 2 is 1.48 bits per heavy atom. The average molecular weight is 597 g/mol. The van der Waals surface area contributed by atoms with Crippen LogP contribution in [0.4, 0.5) is 0 Å². The Bertz CT molecular complexity index is 1320. The first-order valence-electron chi connectivity index (χ1n) is 14.4. The highest BCUT2D eigenvalue weighted by molar-refractivity contribution is 7.91. The maximum Gasteiger partial charge on any atom is 0.347 e. The number of sulfone groups is 1. The number of esters is 1. The number of hydrogen-bond donors (Lipinski definition) is 2. The second-order valence-electron chi connectivity index (χ2n) is 10.9. The quantitative estimate of drug-likeness (QED) is 0.205. The highest BCUT2D eigenvalue weighted by atomic mass is 32.2. The predicted molar refractivity (Wildman–Crippen MR) is 166 cm³/mol. The van der Waals surface area contributed by atoms with Gasteiger partial charge in [0.2, 0.25) is 0 Å². The Morgan fingerprint density at radius 1 is 0.857 bits per heavy atom. The van der Waals surface area contributed by atoms with Gasteiger partial charge >= 0.3 is 5.97 Å². The summed E-state index contributed by atoms with van der Waals surface area (Å²) in [5.41, 5.74) is 8.64. The molecule has 9 heteroatoms. The molecule has 228 valence electrons. The number of rotatable bonds is 18. The maximum absolute atomic E-state index is 13.6. The van der Waals surface area contributed by atoms with Crippen LogP contribution in [0, 0.1) is 5.92 Å². The lowest BCUT2D eigenvalue weighted by Crippen LogP contribution is -2.48. The first-order chi connectivity index (χ1) is 20.1. The summed E-state index contributed by atoms with van der Waals surface area (Å²) in [6.07, 6.45) is -0.764. The number of ether oxygens (including phenoxy) is 3. The molecule has 3 atom stereocenters. The second kappa shape index (κ2) is 16.9. The SMILES string of the molecule is COc1cccc(CNC[C@@H](OC(=O)C(CCS(=O)(=O)CCC(C)C)Oc2ccccc2)[C@@H](N)Cc2ccccc2)c1. The summed E-state index contributed by atoms with van der Waals surface area (Å²) in [7, 11) is -1.75. The Kier molecular flexibility index (Phi) is 13.3. The van der Waals surface area contributed by atoms with Gasteiger partial charge in [-0.3, -0.25) is 0 Å². The Hall–Kier alpha value is -3.40. The fourth-order valence-electron chi connectivity index (χ4n) is 4.36. The van der Waals surface area contributed by atoms with Crippen molar-refractivity contribution in [1.29, 1.82) is 0 Å². The molecule has 0 saturated heterocycles. The van der Waals surface area contributed by atoms with E-state index in [0.717, 1.165) is 16.9 Å². The van der Waals surface area contributed by atoms with Crippen LogP contribution < -0.4 is 20.5 Å². The van der Waals surface area contributed by atoms with E-state index in [4.69, 9.17) is 19.9 Å². The molecule has 42 heavy (non-hydrogen) atoms. The van der Waals surface area contributed by atoms with E-state index >= 15 is 0 Å². The van der Waals surface area contributed by atoms with Crippen LogP contribution in [0.15, 0.2) is 84.9 Å². The minimum atomic E-state index is -3.37. The van der Waals surface area contributed by atoms with E-state index in [-0.39, 0.29) is 23.8 Å². The van der Waals surface area contributed by atoms with Crippen molar-refractivity contribution in [3.05, 3.63) is 96.1 Å². The van der Waals surface area contributed by atoms with E-state index in [9.17, 15) is 13.2 Å². The molecule has 0 heterocycles. The standard InChI is InChI=1S/C33H44N2O6S/c1-25(2)17-19-42(37,38)20-18-31(40-28-14-8-5-9-15-28)33(36)41-32(30(34)22-26-11-6-4-7-12-26)24-35-23-27-13-10-16-29(21-27)39-3/h4-16,21,25,30-32,35H,17-20,22-24,34H2,1-3H3/t30-,31?,32+/m0/s1. The highest BCUT2D eigenvalue weighted by Crippen LogP contribution is 2.17. The average Bonchev–Trinajstić information content (AvgIpc) is 2.99. The minimum absolute atomic E-state index is 0.0218. The lowest BCUT2D eigenvalue weighted by atomic mass is 10.0. The van der Waals surface area contributed by atoms with E-state index in [2.05, 4.69) is 5.32 Å². The van der Waals surface area contributed by atoms with Crippen LogP contribution in [-0.4, -0.2) is 57.8 Å². The van der Waals surface area contributed by atoms with Gasteiger partial charge in [-0.25, -0.2) is 13.2 Å². The normalized spacial score (nSPS) is 13.7. The summed E-state index contributed by atoms with van der Waals surface area (Å²) in [6.45, 7) is 4.77. The lowest BCUT2D eigenvalue weighted by Gasteiger charge is -2.27. The minimum Gasteiger partial charge on any atom is -0.497 e. The molecule has 0 aliphatic heterocycles. The molecule has 0 saturated carbocycles. The van der Waals surface area contributed by atoms with Gasteiger partial charge in [-0.1, -0.05) is 74.5 Å². The van der Waals surface area contributed by atoms with Crippen molar-refractivity contribution in [2.75, 3.05) is 25.2 Å². The van der Waals surface area contributed by atoms with Gasteiger partial charge in [-0.2, -0.15) is 0 Å². The van der Waals surface area contributed by atoms with Crippen LogP contribution in [-0.2, 0) is 32.3 Å². The summed E-state index contributed by atoms with van der Waals surface area (Å²) < 4.78 is 42.7. The number of para-hydroxylation sites is 1. The molecule has 0 bridgehead atoms. The zero-order valence-corrected chi connectivity index (χ0v) is 25.6. The van der Waals surface area contributed by atoms with Gasteiger partial charge in [0, 0.05) is 25.6 Å². The Labute approximate surface area is 250 Å². The largest absolute Gasteiger partial charge is 0.497 e. The molecule has 3 rings (SSSR count). The number of benzene rings is 3. The van der Waals surface area contributed by atoms with E-state index in [1.165, 1.54) is 0 Å². The smallest absolute Gasteiger partial charge is 0.347 e. The number of nitrogens with one attached hydrogen (secondary N) is 1. The first kappa shape index (κ1) is 33.1. The topological polar surface area (TPSA) is 117 Å². The molecule has 0 radical (unpaired) electrons. The van der Waals surface area contributed by atoms with E-state index in [1.807, 2.05) is 74.5 Å². The van der Waals surface area contributed by atoms with Crippen LogP contribution in [0.5, 0.6) is 11.5 Å². The summed E-state index contributed by atoms with van der Waals surface area (Å²) in [4.78, 5) is 13.6. The van der Waals surface area contributed by atoms with Gasteiger partial charge < -0.3 is 25.3 Å². The third-order valence-electron chi connectivity index (χ3n) is 6.85. The van der Waals surface area contributed by atoms with Gasteiger partial charge in [0.1, 0.15) is 27.4 Å². The van der Waals surface area contributed by atoms with Crippen molar-refractivity contribution < 1.29 is 27.4 Å². The fourth-order valence-corrected chi connectivity index (χ4v) is 5.96. The van der Waals surface area contributed by atoms with Gasteiger partial charge in [0.25, 0.3) is 0 Å². The van der Waals surface area contributed by atoms with Crippen molar-refractivity contribution in [1.82, 2.24) is 5.32 Å². The summed E-state index contributed by atoms with van der Waals surface area (Å²) in [6, 6.07) is 25.8. The van der Waals surface area contributed by atoms with Crippen molar-refractivity contribution >= 4 is 15.8 Å². The van der Waals surface area contributed by atoms with E-state index in [1.54, 1.807) is 31.4 Å². The Morgan fingerprint density at radius 3 is 2.14 bits per heavy atom. The molecule has 0 aliphatic carbocycles. The van der Waals surface area contributed by atoms with Crippen molar-refractivity contribution in [2.45, 2.75) is 57.9 Å². The van der Waals surface area contributed by atoms with Gasteiger partial charge in [0.05, 0.1) is 18.6 Å². The van der Waals surface area contributed by atoms with Crippen LogP contribution in [0.2, 0.25) is 0 Å². The van der Waals surface area contributed by atoms with Crippen LogP contribution in [0.3, 0.4) is 0 Å². The number of carbonyl (C=O) groups is 1. The van der Waals surface area contributed by atoms with Crippen LogP contribution >= 0.6 is 0 Å².